The van der Waals surface area contributed by atoms with Crippen LogP contribution in [0.5, 0.6) is 0 Å². The van der Waals surface area contributed by atoms with Gasteiger partial charge < -0.3 is 4.74 Å². The number of benzene rings is 2. The molecule has 2 aromatic carbocycles. The van der Waals surface area contributed by atoms with E-state index in [1.54, 1.807) is 28.8 Å². The van der Waals surface area contributed by atoms with Gasteiger partial charge in [0.25, 0.3) is 17.4 Å². The third kappa shape index (κ3) is 3.78. The summed E-state index contributed by atoms with van der Waals surface area (Å²) in [6.45, 7) is 4.76. The lowest BCUT2D eigenvalue weighted by Gasteiger charge is -2.29. The Balaban J connectivity index is 1.36. The molecule has 4 heterocycles. The fourth-order valence-corrected chi connectivity index (χ4v) is 6.83. The summed E-state index contributed by atoms with van der Waals surface area (Å²) in [5.74, 6) is -0.153. The van der Waals surface area contributed by atoms with E-state index in [0.717, 1.165) is 16.1 Å². The Bertz CT molecular complexity index is 1560. The SMILES string of the molecule is CC1(C)Cc2c(sc3nc(SCCN4C(=O)c5ccccc5C4=O)n(-c4ccccc4)c(=O)c23)CO1. The van der Waals surface area contributed by atoms with Gasteiger partial charge >= 0.3 is 0 Å². The predicted octanol–water partition coefficient (Wildman–Crippen LogP) is 4.69. The molecule has 0 saturated carbocycles. The molecule has 0 bridgehead atoms. The lowest BCUT2D eigenvalue weighted by molar-refractivity contribution is -0.0379. The van der Waals surface area contributed by atoms with Crippen molar-refractivity contribution in [2.24, 2.45) is 0 Å². The van der Waals surface area contributed by atoms with E-state index in [2.05, 4.69) is 0 Å². The molecular weight excluding hydrogens is 494 g/mol. The first-order valence-electron chi connectivity index (χ1n) is 11.7. The van der Waals surface area contributed by atoms with E-state index in [0.29, 0.717) is 45.3 Å². The summed E-state index contributed by atoms with van der Waals surface area (Å²) in [7, 11) is 0. The van der Waals surface area contributed by atoms with Gasteiger partial charge in [0.1, 0.15) is 4.83 Å². The van der Waals surface area contributed by atoms with Crippen molar-refractivity contribution < 1.29 is 14.3 Å². The number of nitrogens with zero attached hydrogens (tertiary/aromatic N) is 3. The summed E-state index contributed by atoms with van der Waals surface area (Å²) in [4.78, 5) is 47.3. The summed E-state index contributed by atoms with van der Waals surface area (Å²) < 4.78 is 7.62. The Morgan fingerprint density at radius 3 is 2.36 bits per heavy atom. The second-order valence-corrected chi connectivity index (χ2v) is 11.6. The highest BCUT2D eigenvalue weighted by atomic mass is 32.2. The Morgan fingerprint density at radius 2 is 1.67 bits per heavy atom. The maximum atomic E-state index is 13.9. The Morgan fingerprint density at radius 1 is 1.00 bits per heavy atom. The van der Waals surface area contributed by atoms with Crippen LogP contribution in [0.15, 0.2) is 64.5 Å². The summed E-state index contributed by atoms with van der Waals surface area (Å²) in [6, 6.07) is 16.3. The number of ether oxygens (including phenoxy) is 1. The molecular formula is C27H23N3O4S2. The zero-order valence-corrected chi connectivity index (χ0v) is 21.4. The van der Waals surface area contributed by atoms with Crippen LogP contribution in [0, 0.1) is 0 Å². The van der Waals surface area contributed by atoms with Gasteiger partial charge in [0, 0.05) is 23.6 Å². The molecule has 2 aliphatic rings. The van der Waals surface area contributed by atoms with Crippen LogP contribution in [0.2, 0.25) is 0 Å². The van der Waals surface area contributed by atoms with Crippen molar-refractivity contribution in [3.8, 4) is 5.69 Å². The number of rotatable bonds is 5. The van der Waals surface area contributed by atoms with Gasteiger partial charge in [-0.05, 0) is 43.7 Å². The van der Waals surface area contributed by atoms with Crippen LogP contribution in [0.1, 0.15) is 45.0 Å². The highest BCUT2D eigenvalue weighted by molar-refractivity contribution is 7.99. The molecule has 0 aliphatic carbocycles. The van der Waals surface area contributed by atoms with Crippen LogP contribution < -0.4 is 5.56 Å². The molecule has 0 fully saturated rings. The molecule has 6 rings (SSSR count). The maximum absolute atomic E-state index is 13.9. The number of para-hydroxylation sites is 1. The largest absolute Gasteiger partial charge is 0.370 e. The number of carbonyl (C=O) groups excluding carboxylic acids is 2. The molecule has 0 atom stereocenters. The van der Waals surface area contributed by atoms with Gasteiger partial charge in [0.2, 0.25) is 0 Å². The molecule has 4 aromatic rings. The zero-order chi connectivity index (χ0) is 25.0. The maximum Gasteiger partial charge on any atom is 0.267 e. The van der Waals surface area contributed by atoms with Gasteiger partial charge in [-0.3, -0.25) is 23.9 Å². The molecule has 36 heavy (non-hydrogen) atoms. The van der Waals surface area contributed by atoms with Crippen LogP contribution in [-0.2, 0) is 17.8 Å². The Hall–Kier alpha value is -3.27. The van der Waals surface area contributed by atoms with E-state index < -0.39 is 0 Å². The molecule has 2 amide bonds. The van der Waals surface area contributed by atoms with Crippen molar-refractivity contribution in [2.45, 2.75) is 37.6 Å². The highest BCUT2D eigenvalue weighted by Gasteiger charge is 2.35. The van der Waals surface area contributed by atoms with Crippen molar-refractivity contribution in [3.63, 3.8) is 0 Å². The number of carbonyl (C=O) groups is 2. The third-order valence-electron chi connectivity index (χ3n) is 6.51. The minimum absolute atomic E-state index is 0.107. The molecule has 0 spiro atoms. The van der Waals surface area contributed by atoms with E-state index >= 15 is 0 Å². The van der Waals surface area contributed by atoms with Gasteiger partial charge in [0.15, 0.2) is 5.16 Å². The van der Waals surface area contributed by atoms with E-state index in [4.69, 9.17) is 9.72 Å². The van der Waals surface area contributed by atoms with Crippen molar-refractivity contribution in [2.75, 3.05) is 12.3 Å². The molecule has 0 N–H and O–H groups in total. The average molecular weight is 518 g/mol. The number of hydrogen-bond acceptors (Lipinski definition) is 7. The van der Waals surface area contributed by atoms with Crippen molar-refractivity contribution in [3.05, 3.63) is 86.5 Å². The highest BCUT2D eigenvalue weighted by Crippen LogP contribution is 2.38. The predicted molar refractivity (Wildman–Crippen MR) is 140 cm³/mol. The van der Waals surface area contributed by atoms with Crippen molar-refractivity contribution in [1.29, 1.82) is 0 Å². The van der Waals surface area contributed by atoms with E-state index in [1.807, 2.05) is 44.2 Å². The summed E-state index contributed by atoms with van der Waals surface area (Å²) >= 11 is 2.87. The van der Waals surface area contributed by atoms with E-state index in [9.17, 15) is 14.4 Å². The summed E-state index contributed by atoms with van der Waals surface area (Å²) in [5, 5.41) is 1.19. The fraction of sp³-hybridized carbons (Fsp3) is 0.259. The van der Waals surface area contributed by atoms with Crippen LogP contribution >= 0.6 is 23.1 Å². The standard InChI is InChI=1S/C27H23N3O4S2/c1-27(2)14-19-20(15-34-27)36-22-21(19)25(33)30(16-8-4-3-5-9-16)26(28-22)35-13-12-29-23(31)17-10-6-7-11-18(17)24(29)32/h3-11H,12-15H2,1-2H3. The number of aromatic nitrogens is 2. The number of amides is 2. The molecule has 0 unspecified atom stereocenters. The minimum atomic E-state index is -0.342. The van der Waals surface area contributed by atoms with Crippen molar-refractivity contribution >= 4 is 45.1 Å². The minimum Gasteiger partial charge on any atom is -0.370 e. The lowest BCUT2D eigenvalue weighted by Crippen LogP contribution is -2.32. The summed E-state index contributed by atoms with van der Waals surface area (Å²) in [6.07, 6.45) is 0.653. The number of imide groups is 1. The molecule has 2 aromatic heterocycles. The number of thiophene rings is 1. The van der Waals surface area contributed by atoms with E-state index in [1.165, 1.54) is 28.0 Å². The first-order valence-corrected chi connectivity index (χ1v) is 13.5. The average Bonchev–Trinajstić information content (AvgIpc) is 3.34. The lowest BCUT2D eigenvalue weighted by atomic mass is 9.94. The van der Waals surface area contributed by atoms with Gasteiger partial charge in [-0.15, -0.1) is 11.3 Å². The van der Waals surface area contributed by atoms with Crippen LogP contribution in [0.4, 0.5) is 0 Å². The molecule has 182 valence electrons. The number of fused-ring (bicyclic) bond motifs is 4. The third-order valence-corrected chi connectivity index (χ3v) is 8.53. The van der Waals surface area contributed by atoms with Crippen LogP contribution in [0.3, 0.4) is 0 Å². The van der Waals surface area contributed by atoms with E-state index in [-0.39, 0.29) is 29.5 Å². The Kier molecular flexibility index (Phi) is 5.59. The fourth-order valence-electron chi connectivity index (χ4n) is 4.75. The first-order chi connectivity index (χ1) is 17.3. The second kappa shape index (κ2) is 8.69. The smallest absolute Gasteiger partial charge is 0.267 e. The first kappa shape index (κ1) is 23.1. The molecule has 7 nitrogen and oxygen atoms in total. The Labute approximate surface area is 215 Å². The zero-order valence-electron chi connectivity index (χ0n) is 19.8. The van der Waals surface area contributed by atoms with Crippen LogP contribution in [0.25, 0.3) is 15.9 Å². The van der Waals surface area contributed by atoms with Gasteiger partial charge in [-0.2, -0.15) is 0 Å². The van der Waals surface area contributed by atoms with Gasteiger partial charge in [0.05, 0.1) is 34.4 Å². The summed E-state index contributed by atoms with van der Waals surface area (Å²) in [5.41, 5.74) is 2.17. The molecule has 2 aliphatic heterocycles. The molecule has 0 saturated heterocycles. The van der Waals surface area contributed by atoms with Gasteiger partial charge in [-0.25, -0.2) is 4.98 Å². The second-order valence-electron chi connectivity index (χ2n) is 9.44. The normalized spacial score (nSPS) is 16.4. The quantitative estimate of drug-likeness (QED) is 0.217. The number of hydrogen-bond donors (Lipinski definition) is 0. The molecule has 0 radical (unpaired) electrons. The van der Waals surface area contributed by atoms with Gasteiger partial charge in [-0.1, -0.05) is 42.1 Å². The number of thioether (sulfide) groups is 1. The monoisotopic (exact) mass is 517 g/mol. The van der Waals surface area contributed by atoms with Crippen molar-refractivity contribution in [1.82, 2.24) is 14.5 Å². The molecule has 9 heteroatoms. The topological polar surface area (TPSA) is 81.5 Å². The van der Waals surface area contributed by atoms with Crippen LogP contribution in [-0.4, -0.2) is 44.2 Å².